The van der Waals surface area contributed by atoms with Crippen LogP contribution in [-0.4, -0.2) is 30.8 Å². The SMILES string of the molecule is COc1ccc(C(C)O)c(OCCSC)c1. The van der Waals surface area contributed by atoms with Crippen LogP contribution in [0.3, 0.4) is 0 Å². The van der Waals surface area contributed by atoms with Crippen molar-refractivity contribution in [3.8, 4) is 11.5 Å². The summed E-state index contributed by atoms with van der Waals surface area (Å²) in [5.74, 6) is 2.36. The Kier molecular flexibility index (Phi) is 5.49. The van der Waals surface area contributed by atoms with Gasteiger partial charge >= 0.3 is 0 Å². The minimum absolute atomic E-state index is 0.532. The molecule has 0 aliphatic carbocycles. The van der Waals surface area contributed by atoms with Gasteiger partial charge in [0.15, 0.2) is 0 Å². The quantitative estimate of drug-likeness (QED) is 0.778. The van der Waals surface area contributed by atoms with Crippen LogP contribution in [0.2, 0.25) is 0 Å². The number of hydrogen-bond donors (Lipinski definition) is 1. The molecule has 1 atom stereocenters. The van der Waals surface area contributed by atoms with Crippen LogP contribution in [0.15, 0.2) is 18.2 Å². The van der Waals surface area contributed by atoms with Crippen molar-refractivity contribution in [2.45, 2.75) is 13.0 Å². The average Bonchev–Trinajstić information content (AvgIpc) is 2.29. The van der Waals surface area contributed by atoms with E-state index in [4.69, 9.17) is 9.47 Å². The molecular formula is C12H18O3S. The molecule has 0 aromatic heterocycles. The molecule has 4 heteroatoms. The maximum atomic E-state index is 9.60. The van der Waals surface area contributed by atoms with E-state index in [2.05, 4.69) is 0 Å². The fourth-order valence-electron chi connectivity index (χ4n) is 1.35. The molecule has 0 heterocycles. The zero-order valence-corrected chi connectivity index (χ0v) is 10.7. The predicted octanol–water partition coefficient (Wildman–Crippen LogP) is 2.49. The maximum Gasteiger partial charge on any atom is 0.128 e. The van der Waals surface area contributed by atoms with Crippen molar-refractivity contribution in [1.29, 1.82) is 0 Å². The van der Waals surface area contributed by atoms with Gasteiger partial charge in [-0.05, 0) is 25.3 Å². The minimum atomic E-state index is -0.532. The van der Waals surface area contributed by atoms with Crippen molar-refractivity contribution in [3.05, 3.63) is 23.8 Å². The smallest absolute Gasteiger partial charge is 0.128 e. The summed E-state index contributed by atoms with van der Waals surface area (Å²) in [6.07, 6.45) is 1.50. The zero-order valence-electron chi connectivity index (χ0n) is 9.90. The summed E-state index contributed by atoms with van der Waals surface area (Å²) in [7, 11) is 1.61. The first kappa shape index (κ1) is 13.2. The number of aliphatic hydroxyl groups is 1. The Morgan fingerprint density at radius 3 is 2.75 bits per heavy atom. The Hall–Kier alpha value is -0.870. The first-order valence-corrected chi connectivity index (χ1v) is 6.56. The molecule has 0 aliphatic heterocycles. The van der Waals surface area contributed by atoms with E-state index in [0.29, 0.717) is 12.4 Å². The van der Waals surface area contributed by atoms with Crippen molar-refractivity contribution in [3.63, 3.8) is 0 Å². The first-order valence-electron chi connectivity index (χ1n) is 5.16. The molecule has 0 bridgehead atoms. The summed E-state index contributed by atoms with van der Waals surface area (Å²) in [6, 6.07) is 5.46. The van der Waals surface area contributed by atoms with Crippen LogP contribution in [0.4, 0.5) is 0 Å². The fraction of sp³-hybridized carbons (Fsp3) is 0.500. The molecule has 0 amide bonds. The molecule has 1 rings (SSSR count). The van der Waals surface area contributed by atoms with Crippen molar-refractivity contribution in [2.24, 2.45) is 0 Å². The molecular weight excluding hydrogens is 224 g/mol. The largest absolute Gasteiger partial charge is 0.497 e. The van der Waals surface area contributed by atoms with E-state index in [1.807, 2.05) is 24.5 Å². The van der Waals surface area contributed by atoms with Crippen LogP contribution in [0.1, 0.15) is 18.6 Å². The molecule has 0 radical (unpaired) electrons. The molecule has 0 aliphatic rings. The minimum Gasteiger partial charge on any atom is -0.497 e. The molecule has 0 saturated carbocycles. The van der Waals surface area contributed by atoms with Gasteiger partial charge in [0.2, 0.25) is 0 Å². The third-order valence-corrected chi connectivity index (χ3v) is 2.79. The van der Waals surface area contributed by atoms with Gasteiger partial charge < -0.3 is 14.6 Å². The predicted molar refractivity (Wildman–Crippen MR) is 67.5 cm³/mol. The standard InChI is InChI=1S/C12H18O3S/c1-9(13)11-5-4-10(14-2)8-12(11)15-6-7-16-3/h4-5,8-9,13H,6-7H2,1-3H3. The molecule has 1 N–H and O–H groups in total. The number of methoxy groups -OCH3 is 1. The normalized spacial score (nSPS) is 12.2. The molecule has 1 aromatic rings. The van der Waals surface area contributed by atoms with E-state index in [1.54, 1.807) is 25.8 Å². The molecule has 0 saturated heterocycles. The number of aliphatic hydroxyl groups excluding tert-OH is 1. The van der Waals surface area contributed by atoms with Gasteiger partial charge in [-0.2, -0.15) is 11.8 Å². The van der Waals surface area contributed by atoms with Crippen molar-refractivity contribution >= 4 is 11.8 Å². The summed E-state index contributed by atoms with van der Waals surface area (Å²) in [4.78, 5) is 0. The molecule has 0 fully saturated rings. The number of rotatable bonds is 6. The summed E-state index contributed by atoms with van der Waals surface area (Å²) >= 11 is 1.73. The highest BCUT2D eigenvalue weighted by atomic mass is 32.2. The van der Waals surface area contributed by atoms with Gasteiger partial charge in [-0.25, -0.2) is 0 Å². The number of ether oxygens (including phenoxy) is 2. The fourth-order valence-corrected chi connectivity index (χ4v) is 1.60. The van der Waals surface area contributed by atoms with Crippen LogP contribution >= 0.6 is 11.8 Å². The van der Waals surface area contributed by atoms with Crippen molar-refractivity contribution in [2.75, 3.05) is 25.7 Å². The molecule has 1 aromatic carbocycles. The first-order chi connectivity index (χ1) is 7.69. The Labute approximate surface area is 101 Å². The van der Waals surface area contributed by atoms with Crippen LogP contribution in [0.5, 0.6) is 11.5 Å². The number of thioether (sulfide) groups is 1. The third-order valence-electron chi connectivity index (χ3n) is 2.22. The highest BCUT2D eigenvalue weighted by molar-refractivity contribution is 7.98. The van der Waals surface area contributed by atoms with Gasteiger partial charge in [-0.3, -0.25) is 0 Å². The lowest BCUT2D eigenvalue weighted by Crippen LogP contribution is -2.04. The second-order valence-corrected chi connectivity index (χ2v) is 4.41. The van der Waals surface area contributed by atoms with E-state index in [1.165, 1.54) is 0 Å². The number of benzene rings is 1. The van der Waals surface area contributed by atoms with Crippen molar-refractivity contribution < 1.29 is 14.6 Å². The topological polar surface area (TPSA) is 38.7 Å². The summed E-state index contributed by atoms with van der Waals surface area (Å²) in [5, 5.41) is 9.60. The van der Waals surface area contributed by atoms with Gasteiger partial charge in [-0.15, -0.1) is 0 Å². The highest BCUT2D eigenvalue weighted by Crippen LogP contribution is 2.29. The highest BCUT2D eigenvalue weighted by Gasteiger charge is 2.10. The Morgan fingerprint density at radius 1 is 1.44 bits per heavy atom. The molecule has 3 nitrogen and oxygen atoms in total. The lowest BCUT2D eigenvalue weighted by Gasteiger charge is -2.14. The lowest BCUT2D eigenvalue weighted by molar-refractivity contribution is 0.192. The molecule has 16 heavy (non-hydrogen) atoms. The van der Waals surface area contributed by atoms with Gasteiger partial charge in [0, 0.05) is 17.4 Å². The third kappa shape index (κ3) is 3.61. The van der Waals surface area contributed by atoms with E-state index >= 15 is 0 Å². The summed E-state index contributed by atoms with van der Waals surface area (Å²) in [5.41, 5.74) is 0.793. The van der Waals surface area contributed by atoms with Gasteiger partial charge in [0.05, 0.1) is 19.8 Å². The Balaban J connectivity index is 2.83. The van der Waals surface area contributed by atoms with Gasteiger partial charge in [0.1, 0.15) is 11.5 Å². The Bertz CT molecular complexity index is 326. The van der Waals surface area contributed by atoms with Crippen molar-refractivity contribution in [1.82, 2.24) is 0 Å². The maximum absolute atomic E-state index is 9.60. The van der Waals surface area contributed by atoms with Crippen LogP contribution < -0.4 is 9.47 Å². The monoisotopic (exact) mass is 242 g/mol. The Morgan fingerprint density at radius 2 is 2.19 bits per heavy atom. The molecule has 1 unspecified atom stereocenters. The van der Waals surface area contributed by atoms with Crippen LogP contribution in [-0.2, 0) is 0 Å². The number of hydrogen-bond acceptors (Lipinski definition) is 4. The average molecular weight is 242 g/mol. The molecule has 0 spiro atoms. The second kappa shape index (κ2) is 6.66. The summed E-state index contributed by atoms with van der Waals surface area (Å²) in [6.45, 7) is 2.36. The van der Waals surface area contributed by atoms with Gasteiger partial charge in [-0.1, -0.05) is 0 Å². The summed E-state index contributed by atoms with van der Waals surface area (Å²) < 4.78 is 10.7. The lowest BCUT2D eigenvalue weighted by atomic mass is 10.1. The second-order valence-electron chi connectivity index (χ2n) is 3.42. The van der Waals surface area contributed by atoms with Gasteiger partial charge in [0.25, 0.3) is 0 Å². The van der Waals surface area contributed by atoms with E-state index in [-0.39, 0.29) is 0 Å². The zero-order chi connectivity index (χ0) is 12.0. The van der Waals surface area contributed by atoms with Crippen LogP contribution in [0, 0.1) is 0 Å². The van der Waals surface area contributed by atoms with E-state index in [0.717, 1.165) is 17.1 Å². The van der Waals surface area contributed by atoms with E-state index in [9.17, 15) is 5.11 Å². The van der Waals surface area contributed by atoms with Crippen LogP contribution in [0.25, 0.3) is 0 Å². The van der Waals surface area contributed by atoms with E-state index < -0.39 is 6.10 Å². The molecule has 90 valence electrons.